The molecule has 0 radical (unpaired) electrons. The number of imide groups is 2. The molecule has 6 amide bonds. The van der Waals surface area contributed by atoms with Crippen LogP contribution in [0.5, 0.6) is 0 Å². The van der Waals surface area contributed by atoms with Gasteiger partial charge >= 0.3 is 0 Å². The summed E-state index contributed by atoms with van der Waals surface area (Å²) in [4.78, 5) is 79.9. The second-order valence-electron chi connectivity index (χ2n) is 12.8. The molecule has 12 nitrogen and oxygen atoms in total. The number of unbranched alkanes of at least 4 members (excludes halogenated alkanes) is 5. The van der Waals surface area contributed by atoms with Gasteiger partial charge in [0, 0.05) is 47.8 Å². The average molecular weight is 683 g/mol. The number of nitrogens with one attached hydrogen (secondary N) is 5. The smallest absolute Gasteiger partial charge is 0.264 e. The van der Waals surface area contributed by atoms with Crippen molar-refractivity contribution in [2.45, 2.75) is 71.3 Å². The molecule has 1 atom stereocenters. The van der Waals surface area contributed by atoms with Crippen molar-refractivity contribution in [2.75, 3.05) is 23.7 Å². The Kier molecular flexibility index (Phi) is 9.93. The minimum Gasteiger partial charge on any atom is -0.384 e. The van der Waals surface area contributed by atoms with E-state index in [1.165, 1.54) is 18.2 Å². The van der Waals surface area contributed by atoms with Crippen molar-refractivity contribution >= 4 is 58.5 Å². The van der Waals surface area contributed by atoms with Crippen LogP contribution in [0.4, 0.5) is 15.8 Å². The SMILES string of the molecule is Cc1[nH]c(C=C2C(=O)Nc3ccc(F)cc32)c(C)c1C(=O)NCCCCCCCCNc1cccc2c1C(=O)N(C1CCC(=O)NC1=O)C2=O. The van der Waals surface area contributed by atoms with Crippen LogP contribution in [0, 0.1) is 19.7 Å². The lowest BCUT2D eigenvalue weighted by Gasteiger charge is -2.27. The highest BCUT2D eigenvalue weighted by Crippen LogP contribution is 2.35. The number of halogens is 1. The number of piperidine rings is 1. The normalized spacial score (nSPS) is 17.6. The second-order valence-corrected chi connectivity index (χ2v) is 12.8. The molecule has 5 N–H and O–H groups in total. The molecular formula is C37H39FN6O6. The third-order valence-corrected chi connectivity index (χ3v) is 9.43. The summed E-state index contributed by atoms with van der Waals surface area (Å²) in [5.41, 5.74) is 4.96. The second kappa shape index (κ2) is 14.5. The molecule has 0 bridgehead atoms. The number of hydrogen-bond donors (Lipinski definition) is 5. The van der Waals surface area contributed by atoms with E-state index < -0.39 is 35.5 Å². The Balaban J connectivity index is 0.910. The summed E-state index contributed by atoms with van der Waals surface area (Å²) < 4.78 is 13.8. The summed E-state index contributed by atoms with van der Waals surface area (Å²) in [6.07, 6.45) is 7.40. The van der Waals surface area contributed by atoms with Gasteiger partial charge in [-0.25, -0.2) is 4.39 Å². The van der Waals surface area contributed by atoms with E-state index in [-0.39, 0.29) is 35.8 Å². The summed E-state index contributed by atoms with van der Waals surface area (Å²) in [6, 6.07) is 8.16. The number of hydrogen-bond acceptors (Lipinski definition) is 7. The molecule has 1 saturated heterocycles. The fraction of sp³-hybridized carbons (Fsp3) is 0.351. The zero-order valence-corrected chi connectivity index (χ0v) is 28.0. The molecule has 50 heavy (non-hydrogen) atoms. The maximum Gasteiger partial charge on any atom is 0.264 e. The van der Waals surface area contributed by atoms with Gasteiger partial charge in [0.15, 0.2) is 0 Å². The number of aromatic nitrogens is 1. The van der Waals surface area contributed by atoms with Gasteiger partial charge in [0.1, 0.15) is 11.9 Å². The number of carbonyl (C=O) groups excluding carboxylic acids is 6. The predicted octanol–water partition coefficient (Wildman–Crippen LogP) is 4.85. The Morgan fingerprint density at radius 3 is 2.42 bits per heavy atom. The fourth-order valence-electron chi connectivity index (χ4n) is 6.84. The first-order valence-electron chi connectivity index (χ1n) is 16.9. The van der Waals surface area contributed by atoms with Crippen molar-refractivity contribution in [3.63, 3.8) is 0 Å². The lowest BCUT2D eigenvalue weighted by molar-refractivity contribution is -0.136. The van der Waals surface area contributed by atoms with E-state index >= 15 is 0 Å². The van der Waals surface area contributed by atoms with Crippen LogP contribution >= 0.6 is 0 Å². The number of amides is 6. The number of anilines is 2. The molecule has 4 heterocycles. The molecule has 3 aliphatic rings. The van der Waals surface area contributed by atoms with Crippen LogP contribution in [0.2, 0.25) is 0 Å². The van der Waals surface area contributed by atoms with Gasteiger partial charge in [-0.2, -0.15) is 0 Å². The van der Waals surface area contributed by atoms with Crippen LogP contribution in [0.3, 0.4) is 0 Å². The van der Waals surface area contributed by atoms with Crippen LogP contribution in [0.15, 0.2) is 36.4 Å². The number of aromatic amines is 1. The molecule has 0 saturated carbocycles. The van der Waals surface area contributed by atoms with Crippen molar-refractivity contribution in [3.8, 4) is 0 Å². The van der Waals surface area contributed by atoms with Crippen molar-refractivity contribution in [2.24, 2.45) is 0 Å². The summed E-state index contributed by atoms with van der Waals surface area (Å²) in [5, 5.41) is 11.2. The number of carbonyl (C=O) groups is 6. The van der Waals surface area contributed by atoms with Gasteiger partial charge in [0.2, 0.25) is 11.8 Å². The molecule has 2 aromatic carbocycles. The molecule has 3 aliphatic heterocycles. The third-order valence-electron chi connectivity index (χ3n) is 9.43. The van der Waals surface area contributed by atoms with E-state index in [2.05, 4.69) is 26.3 Å². The van der Waals surface area contributed by atoms with Crippen LogP contribution in [-0.2, 0) is 14.4 Å². The monoisotopic (exact) mass is 682 g/mol. The maximum absolute atomic E-state index is 13.8. The summed E-state index contributed by atoms with van der Waals surface area (Å²) >= 11 is 0. The summed E-state index contributed by atoms with van der Waals surface area (Å²) in [6.45, 7) is 4.75. The van der Waals surface area contributed by atoms with E-state index in [1.807, 2.05) is 6.92 Å². The predicted molar refractivity (Wildman–Crippen MR) is 185 cm³/mol. The minimum absolute atomic E-state index is 0.0706. The maximum atomic E-state index is 13.8. The van der Waals surface area contributed by atoms with Gasteiger partial charge in [-0.05, 0) is 75.1 Å². The molecule has 1 fully saturated rings. The standard InChI is InChI=1S/C37H39FN6O6/c1-20-28(19-25-24-18-22(38)12-13-26(24)42-33(25)46)41-21(2)31(20)35(48)40-17-8-6-4-3-5-7-16-39-27-11-9-10-23-32(27)37(50)44(36(23)49)29-14-15-30(45)43-34(29)47/h9-13,18-19,29,39,41H,3-8,14-17H2,1-2H3,(H,40,48)(H,42,46)(H,43,45,47). The molecule has 1 aromatic heterocycles. The molecule has 0 aliphatic carbocycles. The Morgan fingerprint density at radius 1 is 0.920 bits per heavy atom. The Bertz CT molecular complexity index is 1950. The number of aryl methyl sites for hydroxylation is 1. The molecule has 6 rings (SSSR count). The number of benzene rings is 2. The number of nitrogens with zero attached hydrogens (tertiary/aromatic N) is 1. The molecule has 3 aromatic rings. The topological polar surface area (TPSA) is 170 Å². The van der Waals surface area contributed by atoms with Crippen molar-refractivity contribution < 1.29 is 33.2 Å². The highest BCUT2D eigenvalue weighted by atomic mass is 19.1. The molecule has 13 heteroatoms. The van der Waals surface area contributed by atoms with Crippen LogP contribution in [0.1, 0.15) is 105 Å². The van der Waals surface area contributed by atoms with Crippen LogP contribution in [-0.4, -0.2) is 64.5 Å². The van der Waals surface area contributed by atoms with Gasteiger partial charge in [-0.3, -0.25) is 39.0 Å². The van der Waals surface area contributed by atoms with Crippen molar-refractivity contribution in [3.05, 3.63) is 81.4 Å². The molecular weight excluding hydrogens is 643 g/mol. The number of fused-ring (bicyclic) bond motifs is 2. The first-order valence-corrected chi connectivity index (χ1v) is 16.9. The Morgan fingerprint density at radius 2 is 1.66 bits per heavy atom. The summed E-state index contributed by atoms with van der Waals surface area (Å²) in [5.74, 6) is -3.06. The van der Waals surface area contributed by atoms with Gasteiger partial charge in [-0.1, -0.05) is 31.7 Å². The van der Waals surface area contributed by atoms with Crippen molar-refractivity contribution in [1.82, 2.24) is 20.5 Å². The molecule has 1 unspecified atom stereocenters. The zero-order valence-electron chi connectivity index (χ0n) is 28.0. The Hall–Kier alpha value is -5.59. The lowest BCUT2D eigenvalue weighted by Crippen LogP contribution is -2.54. The fourth-order valence-corrected chi connectivity index (χ4v) is 6.84. The first kappa shape index (κ1) is 34.3. The first-order chi connectivity index (χ1) is 24.0. The molecule has 0 spiro atoms. The van der Waals surface area contributed by atoms with Gasteiger partial charge in [0.25, 0.3) is 23.6 Å². The van der Waals surface area contributed by atoms with E-state index in [0.717, 1.165) is 43.4 Å². The quantitative estimate of drug-likeness (QED) is 0.0976. The van der Waals surface area contributed by atoms with Crippen LogP contribution in [0.25, 0.3) is 11.6 Å². The lowest BCUT2D eigenvalue weighted by atomic mass is 10.0. The van der Waals surface area contributed by atoms with Gasteiger partial charge < -0.3 is 20.9 Å². The third kappa shape index (κ3) is 6.80. The number of H-pyrrole nitrogens is 1. The highest BCUT2D eigenvalue weighted by Gasteiger charge is 2.45. The van der Waals surface area contributed by atoms with Gasteiger partial charge in [-0.15, -0.1) is 0 Å². The van der Waals surface area contributed by atoms with E-state index in [1.54, 1.807) is 31.2 Å². The molecule has 260 valence electrons. The van der Waals surface area contributed by atoms with E-state index in [9.17, 15) is 33.2 Å². The Labute approximate surface area is 288 Å². The summed E-state index contributed by atoms with van der Waals surface area (Å²) in [7, 11) is 0. The van der Waals surface area contributed by atoms with Crippen molar-refractivity contribution in [1.29, 1.82) is 0 Å². The van der Waals surface area contributed by atoms with E-state index in [4.69, 9.17) is 0 Å². The average Bonchev–Trinajstić information content (AvgIpc) is 3.64. The minimum atomic E-state index is -1.00. The highest BCUT2D eigenvalue weighted by molar-refractivity contribution is 6.35. The van der Waals surface area contributed by atoms with E-state index in [0.29, 0.717) is 58.1 Å². The van der Waals surface area contributed by atoms with Crippen LogP contribution < -0.4 is 21.3 Å². The largest absolute Gasteiger partial charge is 0.384 e. The van der Waals surface area contributed by atoms with Gasteiger partial charge in [0.05, 0.1) is 22.3 Å². The zero-order chi connectivity index (χ0) is 35.5. The number of rotatable bonds is 13.